The summed E-state index contributed by atoms with van der Waals surface area (Å²) >= 11 is 11.5. The normalized spacial score (nSPS) is 15.9. The smallest absolute Gasteiger partial charge is 0.0372 e. The molecule has 0 bridgehead atoms. The van der Waals surface area contributed by atoms with Crippen LogP contribution < -0.4 is 0 Å². The highest BCUT2D eigenvalue weighted by atomic mass is 79.9. The summed E-state index contributed by atoms with van der Waals surface area (Å²) in [7, 11) is 0. The second-order valence-electron chi connectivity index (χ2n) is 5.59. The molecule has 0 aromatic heterocycles. The minimum Gasteiger partial charge on any atom is -0.0842 e. The summed E-state index contributed by atoms with van der Waals surface area (Å²) in [5, 5.41) is 0. The molecule has 120 valence electrons. The van der Waals surface area contributed by atoms with Gasteiger partial charge in [0.05, 0.1) is 0 Å². The van der Waals surface area contributed by atoms with Crippen molar-refractivity contribution in [3.05, 3.63) is 33.4 Å². The molecule has 0 N–H and O–H groups in total. The average molecular weight is 483 g/mol. The Bertz CT molecular complexity index is 395. The first kappa shape index (κ1) is 19.7. The second kappa shape index (κ2) is 8.49. The monoisotopic (exact) mass is 480 g/mol. The van der Waals surface area contributed by atoms with Crippen LogP contribution in [0.3, 0.4) is 0 Å². The first-order valence-corrected chi connectivity index (χ1v) is 10.7. The largest absolute Gasteiger partial charge is 0.0842 e. The lowest BCUT2D eigenvalue weighted by atomic mass is 9.81. The van der Waals surface area contributed by atoms with Crippen molar-refractivity contribution >= 4 is 47.8 Å². The molecule has 0 heterocycles. The number of benzene rings is 1. The minimum absolute atomic E-state index is 0.392. The van der Waals surface area contributed by atoms with Crippen molar-refractivity contribution in [2.24, 2.45) is 0 Å². The lowest BCUT2D eigenvalue weighted by Gasteiger charge is -2.29. The Morgan fingerprint density at radius 2 is 0.762 bits per heavy atom. The molecular weight excluding hydrogens is 456 g/mol. The fraction of sp³-hybridized carbons (Fsp3) is 0.667. The van der Waals surface area contributed by atoms with Gasteiger partial charge in [-0.2, -0.15) is 0 Å². The molecule has 0 radical (unpaired) electrons. The van der Waals surface area contributed by atoms with Gasteiger partial charge < -0.3 is 0 Å². The molecule has 0 aliphatic carbocycles. The van der Waals surface area contributed by atoms with Crippen LogP contribution in [0.2, 0.25) is 0 Å². The van der Waals surface area contributed by atoms with Crippen LogP contribution in [-0.2, 0) is 19.3 Å². The molecular formula is C18H27Br3. The van der Waals surface area contributed by atoms with Gasteiger partial charge in [-0.15, -0.1) is 0 Å². The third kappa shape index (κ3) is 3.95. The van der Waals surface area contributed by atoms with E-state index in [0.717, 1.165) is 19.3 Å². The molecule has 0 aliphatic rings. The molecule has 0 nitrogen and oxygen atoms in total. The van der Waals surface area contributed by atoms with Crippen molar-refractivity contribution in [1.82, 2.24) is 0 Å². The van der Waals surface area contributed by atoms with Crippen molar-refractivity contribution in [1.29, 1.82) is 0 Å². The zero-order valence-electron chi connectivity index (χ0n) is 14.0. The van der Waals surface area contributed by atoms with Crippen LogP contribution in [0.5, 0.6) is 0 Å². The van der Waals surface area contributed by atoms with E-state index in [1.807, 2.05) is 0 Å². The fourth-order valence-corrected chi connectivity index (χ4v) is 5.22. The molecule has 3 atom stereocenters. The first-order valence-electron chi connectivity index (χ1n) is 7.93. The van der Waals surface area contributed by atoms with Crippen LogP contribution in [0.1, 0.15) is 89.4 Å². The molecule has 0 spiro atoms. The van der Waals surface area contributed by atoms with E-state index >= 15 is 0 Å². The highest BCUT2D eigenvalue weighted by Gasteiger charge is 2.26. The van der Waals surface area contributed by atoms with Gasteiger partial charge in [-0.1, -0.05) is 68.6 Å². The van der Waals surface area contributed by atoms with Gasteiger partial charge >= 0.3 is 0 Å². The van der Waals surface area contributed by atoms with Gasteiger partial charge in [0.2, 0.25) is 0 Å². The minimum atomic E-state index is 0.392. The molecule has 3 heteroatoms. The standard InChI is InChI=1S/C18H27Br3/c1-7-13-16(10(4)19)14(8-2)18(12(6)21)15(9-3)17(13)11(5)20/h10-12H,7-9H2,1-6H3. The van der Waals surface area contributed by atoms with Crippen LogP contribution in [0, 0.1) is 0 Å². The van der Waals surface area contributed by atoms with Crippen molar-refractivity contribution in [2.75, 3.05) is 0 Å². The zero-order chi connectivity index (χ0) is 16.3. The molecule has 0 saturated carbocycles. The van der Waals surface area contributed by atoms with Crippen LogP contribution in [0.15, 0.2) is 0 Å². The lowest BCUT2D eigenvalue weighted by molar-refractivity contribution is 0.870. The van der Waals surface area contributed by atoms with Crippen molar-refractivity contribution in [2.45, 2.75) is 75.3 Å². The average Bonchev–Trinajstić information content (AvgIpc) is 2.42. The Labute approximate surface area is 155 Å². The van der Waals surface area contributed by atoms with E-state index in [1.165, 1.54) is 33.4 Å². The predicted molar refractivity (Wildman–Crippen MR) is 107 cm³/mol. The summed E-state index contributed by atoms with van der Waals surface area (Å²) in [4.78, 5) is 1.18. The second-order valence-corrected chi connectivity index (χ2v) is 9.71. The molecule has 3 unspecified atom stereocenters. The van der Waals surface area contributed by atoms with Crippen LogP contribution in [0.25, 0.3) is 0 Å². The van der Waals surface area contributed by atoms with E-state index in [9.17, 15) is 0 Å². The summed E-state index contributed by atoms with van der Waals surface area (Å²) in [6.45, 7) is 13.6. The van der Waals surface area contributed by atoms with Crippen LogP contribution >= 0.6 is 47.8 Å². The maximum Gasteiger partial charge on any atom is 0.0372 e. The van der Waals surface area contributed by atoms with Crippen molar-refractivity contribution < 1.29 is 0 Å². The molecule has 1 aromatic carbocycles. The van der Waals surface area contributed by atoms with E-state index in [4.69, 9.17) is 0 Å². The number of halogens is 3. The van der Waals surface area contributed by atoms with E-state index < -0.39 is 0 Å². The number of rotatable bonds is 6. The Balaban J connectivity index is 3.96. The number of hydrogen-bond acceptors (Lipinski definition) is 0. The van der Waals surface area contributed by atoms with Gasteiger partial charge in [0.25, 0.3) is 0 Å². The summed E-state index contributed by atoms with van der Waals surface area (Å²) in [5.41, 5.74) is 9.15. The summed E-state index contributed by atoms with van der Waals surface area (Å²) < 4.78 is 0. The fourth-order valence-electron chi connectivity index (χ4n) is 3.56. The van der Waals surface area contributed by atoms with Gasteiger partial charge in [-0.25, -0.2) is 0 Å². The van der Waals surface area contributed by atoms with Gasteiger partial charge in [0, 0.05) is 14.5 Å². The highest BCUT2D eigenvalue weighted by Crippen LogP contribution is 2.44. The van der Waals surface area contributed by atoms with Crippen LogP contribution in [0.4, 0.5) is 0 Å². The molecule has 0 amide bonds. The quantitative estimate of drug-likeness (QED) is 0.363. The third-order valence-electron chi connectivity index (χ3n) is 4.20. The first-order chi connectivity index (χ1) is 9.81. The van der Waals surface area contributed by atoms with Gasteiger partial charge in [0.1, 0.15) is 0 Å². The Kier molecular flexibility index (Phi) is 7.97. The predicted octanol–water partition coefficient (Wildman–Crippen LogP) is 7.74. The zero-order valence-corrected chi connectivity index (χ0v) is 18.7. The topological polar surface area (TPSA) is 0 Å². The Hall–Kier alpha value is 0.660. The highest BCUT2D eigenvalue weighted by molar-refractivity contribution is 9.09. The maximum atomic E-state index is 3.85. The SMILES string of the molecule is CCc1c(C(C)Br)c(CC)c(C(C)Br)c(CC)c1C(C)Br. The van der Waals surface area contributed by atoms with E-state index in [2.05, 4.69) is 89.3 Å². The van der Waals surface area contributed by atoms with Crippen molar-refractivity contribution in [3.63, 3.8) is 0 Å². The molecule has 0 fully saturated rings. The number of alkyl halides is 3. The van der Waals surface area contributed by atoms with Gasteiger partial charge in [-0.05, 0) is 73.4 Å². The summed E-state index contributed by atoms with van der Waals surface area (Å²) in [5.74, 6) is 0. The molecule has 0 saturated heterocycles. The Morgan fingerprint density at radius 3 is 0.857 bits per heavy atom. The molecule has 0 aliphatic heterocycles. The molecule has 21 heavy (non-hydrogen) atoms. The maximum absolute atomic E-state index is 3.85. The van der Waals surface area contributed by atoms with Gasteiger partial charge in [-0.3, -0.25) is 0 Å². The van der Waals surface area contributed by atoms with E-state index in [0.29, 0.717) is 14.5 Å². The lowest BCUT2D eigenvalue weighted by Crippen LogP contribution is -2.14. The van der Waals surface area contributed by atoms with Crippen molar-refractivity contribution in [3.8, 4) is 0 Å². The van der Waals surface area contributed by atoms with E-state index in [1.54, 1.807) is 0 Å². The van der Waals surface area contributed by atoms with Crippen LogP contribution in [-0.4, -0.2) is 0 Å². The molecule has 1 rings (SSSR count). The summed E-state index contributed by atoms with van der Waals surface area (Å²) in [6, 6.07) is 0. The summed E-state index contributed by atoms with van der Waals surface area (Å²) in [6.07, 6.45) is 3.27. The third-order valence-corrected chi connectivity index (χ3v) is 5.58. The molecule has 1 aromatic rings. The number of hydrogen-bond donors (Lipinski definition) is 0. The van der Waals surface area contributed by atoms with E-state index in [-0.39, 0.29) is 0 Å². The Morgan fingerprint density at radius 1 is 0.571 bits per heavy atom. The van der Waals surface area contributed by atoms with Gasteiger partial charge in [0.15, 0.2) is 0 Å².